The van der Waals surface area contributed by atoms with Gasteiger partial charge in [-0.15, -0.1) is 6.42 Å². The molecule has 0 saturated heterocycles. The second-order valence-corrected chi connectivity index (χ2v) is 5.01. The predicted octanol–water partition coefficient (Wildman–Crippen LogP) is 2.24. The highest BCUT2D eigenvalue weighted by molar-refractivity contribution is 6.03. The Morgan fingerprint density at radius 3 is 2.65 bits per heavy atom. The monoisotopic (exact) mass is 303 g/mol. The largest absolute Gasteiger partial charge is 0.322 e. The summed E-state index contributed by atoms with van der Waals surface area (Å²) in [6.07, 6.45) is 6.58. The SMILES string of the molecule is C#Cc1ccc(NC(=O)c2cnc3cccc(C)n3c2=O)cc1. The fourth-order valence-electron chi connectivity index (χ4n) is 2.28. The molecule has 112 valence electrons. The lowest BCUT2D eigenvalue weighted by Gasteiger charge is -2.08. The molecular formula is C18H13N3O2. The average Bonchev–Trinajstić information content (AvgIpc) is 2.55. The van der Waals surface area contributed by atoms with Crippen LogP contribution >= 0.6 is 0 Å². The van der Waals surface area contributed by atoms with Crippen LogP contribution in [0.5, 0.6) is 0 Å². The number of carbonyl (C=O) groups excluding carboxylic acids is 1. The third-order valence-electron chi connectivity index (χ3n) is 3.48. The van der Waals surface area contributed by atoms with Gasteiger partial charge in [-0.2, -0.15) is 0 Å². The highest BCUT2D eigenvalue weighted by Gasteiger charge is 2.14. The second kappa shape index (κ2) is 5.78. The van der Waals surface area contributed by atoms with Gasteiger partial charge in [0.05, 0.1) is 0 Å². The van der Waals surface area contributed by atoms with Crippen LogP contribution in [0.3, 0.4) is 0 Å². The predicted molar refractivity (Wildman–Crippen MR) is 88.5 cm³/mol. The van der Waals surface area contributed by atoms with E-state index in [0.29, 0.717) is 22.6 Å². The number of terminal acetylenes is 1. The zero-order chi connectivity index (χ0) is 16.4. The van der Waals surface area contributed by atoms with Gasteiger partial charge in [0, 0.05) is 23.1 Å². The van der Waals surface area contributed by atoms with Crippen molar-refractivity contribution in [2.75, 3.05) is 5.32 Å². The summed E-state index contributed by atoms with van der Waals surface area (Å²) < 4.78 is 1.41. The maximum Gasteiger partial charge on any atom is 0.270 e. The van der Waals surface area contributed by atoms with Gasteiger partial charge in [-0.25, -0.2) is 4.98 Å². The molecular weight excluding hydrogens is 290 g/mol. The number of fused-ring (bicyclic) bond motifs is 1. The molecule has 0 fully saturated rings. The number of aromatic nitrogens is 2. The molecule has 0 spiro atoms. The molecule has 5 heteroatoms. The van der Waals surface area contributed by atoms with Gasteiger partial charge in [0.1, 0.15) is 11.2 Å². The molecule has 0 saturated carbocycles. The van der Waals surface area contributed by atoms with Gasteiger partial charge >= 0.3 is 0 Å². The van der Waals surface area contributed by atoms with Crippen molar-refractivity contribution < 1.29 is 4.79 Å². The maximum atomic E-state index is 12.5. The fourth-order valence-corrected chi connectivity index (χ4v) is 2.28. The average molecular weight is 303 g/mol. The first-order valence-electron chi connectivity index (χ1n) is 6.95. The van der Waals surface area contributed by atoms with Crippen LogP contribution < -0.4 is 10.9 Å². The van der Waals surface area contributed by atoms with E-state index in [2.05, 4.69) is 16.2 Å². The summed E-state index contributed by atoms with van der Waals surface area (Å²) in [5.74, 6) is 1.99. The van der Waals surface area contributed by atoms with Crippen molar-refractivity contribution in [3.63, 3.8) is 0 Å². The quantitative estimate of drug-likeness (QED) is 0.738. The maximum absolute atomic E-state index is 12.5. The summed E-state index contributed by atoms with van der Waals surface area (Å²) in [5, 5.41) is 2.67. The van der Waals surface area contributed by atoms with Gasteiger partial charge in [0.25, 0.3) is 11.5 Å². The van der Waals surface area contributed by atoms with Crippen molar-refractivity contribution in [2.45, 2.75) is 6.92 Å². The van der Waals surface area contributed by atoms with E-state index in [1.807, 2.05) is 6.07 Å². The minimum atomic E-state index is -0.506. The Bertz CT molecular complexity index is 995. The number of aryl methyl sites for hydroxylation is 1. The minimum absolute atomic E-state index is 0.0159. The van der Waals surface area contributed by atoms with Gasteiger partial charge < -0.3 is 5.32 Å². The normalized spacial score (nSPS) is 10.3. The molecule has 2 aromatic heterocycles. The van der Waals surface area contributed by atoms with E-state index in [4.69, 9.17) is 6.42 Å². The van der Waals surface area contributed by atoms with Gasteiger partial charge in [-0.3, -0.25) is 14.0 Å². The summed E-state index contributed by atoms with van der Waals surface area (Å²) in [6.45, 7) is 1.79. The molecule has 0 bridgehead atoms. The Morgan fingerprint density at radius 2 is 1.96 bits per heavy atom. The zero-order valence-corrected chi connectivity index (χ0v) is 12.4. The number of carbonyl (C=O) groups is 1. The van der Waals surface area contributed by atoms with Crippen molar-refractivity contribution in [2.24, 2.45) is 0 Å². The molecule has 0 unspecified atom stereocenters. The lowest BCUT2D eigenvalue weighted by atomic mass is 10.2. The van der Waals surface area contributed by atoms with E-state index >= 15 is 0 Å². The molecule has 0 aliphatic heterocycles. The summed E-state index contributed by atoms with van der Waals surface area (Å²) in [7, 11) is 0. The highest BCUT2D eigenvalue weighted by Crippen LogP contribution is 2.10. The number of nitrogens with one attached hydrogen (secondary N) is 1. The number of pyridine rings is 1. The molecule has 5 nitrogen and oxygen atoms in total. The molecule has 1 N–H and O–H groups in total. The van der Waals surface area contributed by atoms with Crippen LogP contribution in [0.4, 0.5) is 5.69 Å². The number of rotatable bonds is 2. The van der Waals surface area contributed by atoms with Crippen LogP contribution in [0, 0.1) is 19.3 Å². The standard InChI is InChI=1S/C18H13N3O2/c1-3-13-7-9-14(10-8-13)20-17(22)15-11-19-16-6-4-5-12(2)21(16)18(15)23/h1,4-11H,2H3,(H,20,22). The Balaban J connectivity index is 1.98. The summed E-state index contributed by atoms with van der Waals surface area (Å²) in [5.41, 5.74) is 2.08. The molecule has 2 heterocycles. The van der Waals surface area contributed by atoms with Crippen molar-refractivity contribution in [3.8, 4) is 12.3 Å². The molecule has 1 amide bonds. The number of amides is 1. The van der Waals surface area contributed by atoms with Gasteiger partial charge in [0.15, 0.2) is 0 Å². The molecule has 3 aromatic rings. The zero-order valence-electron chi connectivity index (χ0n) is 12.4. The van der Waals surface area contributed by atoms with Crippen molar-refractivity contribution in [1.82, 2.24) is 9.38 Å². The van der Waals surface area contributed by atoms with E-state index in [1.54, 1.807) is 43.3 Å². The molecule has 0 aliphatic rings. The van der Waals surface area contributed by atoms with Crippen LogP contribution in [-0.4, -0.2) is 15.3 Å². The highest BCUT2D eigenvalue weighted by atomic mass is 16.2. The molecule has 1 aromatic carbocycles. The Kier molecular flexibility index (Phi) is 3.65. The van der Waals surface area contributed by atoms with Crippen LogP contribution in [0.1, 0.15) is 21.6 Å². The lowest BCUT2D eigenvalue weighted by molar-refractivity contribution is 0.102. The smallest absolute Gasteiger partial charge is 0.270 e. The summed E-state index contributed by atoms with van der Waals surface area (Å²) in [4.78, 5) is 29.0. The number of nitrogens with zero attached hydrogens (tertiary/aromatic N) is 2. The van der Waals surface area contributed by atoms with Crippen molar-refractivity contribution in [1.29, 1.82) is 0 Å². The Hall–Kier alpha value is -3.39. The molecule has 3 rings (SSSR count). The lowest BCUT2D eigenvalue weighted by Crippen LogP contribution is -2.27. The number of hydrogen-bond donors (Lipinski definition) is 1. The van der Waals surface area contributed by atoms with E-state index in [1.165, 1.54) is 10.6 Å². The van der Waals surface area contributed by atoms with Crippen molar-refractivity contribution in [3.05, 3.63) is 75.8 Å². The Labute approximate surface area is 132 Å². The molecule has 0 aliphatic carbocycles. The van der Waals surface area contributed by atoms with E-state index in [0.717, 1.165) is 0 Å². The van der Waals surface area contributed by atoms with Crippen LogP contribution in [0.2, 0.25) is 0 Å². The fraction of sp³-hybridized carbons (Fsp3) is 0.0556. The molecule has 23 heavy (non-hydrogen) atoms. The number of anilines is 1. The third-order valence-corrected chi connectivity index (χ3v) is 3.48. The van der Waals surface area contributed by atoms with Gasteiger partial charge in [-0.05, 0) is 43.3 Å². The van der Waals surface area contributed by atoms with Crippen LogP contribution in [-0.2, 0) is 0 Å². The third kappa shape index (κ3) is 2.70. The van der Waals surface area contributed by atoms with Crippen LogP contribution in [0.25, 0.3) is 5.65 Å². The first-order valence-corrected chi connectivity index (χ1v) is 6.95. The first kappa shape index (κ1) is 14.5. The van der Waals surface area contributed by atoms with E-state index in [-0.39, 0.29) is 5.56 Å². The number of benzene rings is 1. The summed E-state index contributed by atoms with van der Waals surface area (Å²) in [6, 6.07) is 12.1. The van der Waals surface area contributed by atoms with Gasteiger partial charge in [0.2, 0.25) is 0 Å². The number of hydrogen-bond acceptors (Lipinski definition) is 3. The van der Waals surface area contributed by atoms with Gasteiger partial charge in [-0.1, -0.05) is 12.0 Å². The van der Waals surface area contributed by atoms with Crippen molar-refractivity contribution >= 4 is 17.2 Å². The summed E-state index contributed by atoms with van der Waals surface area (Å²) >= 11 is 0. The molecule has 0 atom stereocenters. The molecule has 0 radical (unpaired) electrons. The van der Waals surface area contributed by atoms with Crippen LogP contribution in [0.15, 0.2) is 53.5 Å². The van der Waals surface area contributed by atoms with E-state index < -0.39 is 11.5 Å². The first-order chi connectivity index (χ1) is 11.1. The Morgan fingerprint density at radius 1 is 1.22 bits per heavy atom. The minimum Gasteiger partial charge on any atom is -0.322 e. The van der Waals surface area contributed by atoms with E-state index in [9.17, 15) is 9.59 Å². The second-order valence-electron chi connectivity index (χ2n) is 5.01. The topological polar surface area (TPSA) is 63.5 Å².